The van der Waals surface area contributed by atoms with Crippen molar-refractivity contribution in [1.29, 1.82) is 0 Å². The van der Waals surface area contributed by atoms with Gasteiger partial charge in [-0.3, -0.25) is 4.90 Å². The highest BCUT2D eigenvalue weighted by atomic mass is 35.5. The molecule has 1 heterocycles. The molecule has 0 spiro atoms. The number of hydrogen-bond donors (Lipinski definition) is 1. The maximum Gasteiger partial charge on any atom is 0.0321 e. The summed E-state index contributed by atoms with van der Waals surface area (Å²) in [5.41, 5.74) is 4.01. The lowest BCUT2D eigenvalue weighted by Gasteiger charge is -2.33. The Morgan fingerprint density at radius 3 is 2.18 bits per heavy atom. The number of rotatable bonds is 3. The van der Waals surface area contributed by atoms with Gasteiger partial charge in [-0.15, -0.1) is 24.8 Å². The molecule has 1 fully saturated rings. The van der Waals surface area contributed by atoms with E-state index >= 15 is 0 Å². The maximum absolute atomic E-state index is 3.42. The van der Waals surface area contributed by atoms with Crippen LogP contribution in [0.3, 0.4) is 0 Å². The molecular formula is C18H24Cl2N2. The molecule has 0 radical (unpaired) electrons. The second-order valence-corrected chi connectivity index (χ2v) is 5.45. The van der Waals surface area contributed by atoms with Crippen molar-refractivity contribution in [2.24, 2.45) is 0 Å². The van der Waals surface area contributed by atoms with E-state index in [2.05, 4.69) is 71.7 Å². The average molecular weight is 339 g/mol. The fourth-order valence-corrected chi connectivity index (χ4v) is 2.89. The normalized spacial score (nSPS) is 16.2. The zero-order valence-electron chi connectivity index (χ0n) is 12.9. The fraction of sp³-hybridized carbons (Fsp3) is 0.333. The highest BCUT2D eigenvalue weighted by Gasteiger charge is 2.17. The van der Waals surface area contributed by atoms with E-state index in [9.17, 15) is 0 Å². The van der Waals surface area contributed by atoms with Crippen LogP contribution in [0.15, 0.2) is 54.6 Å². The average Bonchev–Trinajstić information content (AvgIpc) is 2.56. The summed E-state index contributed by atoms with van der Waals surface area (Å²) in [5, 5.41) is 3.42. The minimum atomic E-state index is 0. The first-order chi connectivity index (χ1) is 9.84. The van der Waals surface area contributed by atoms with Gasteiger partial charge in [0, 0.05) is 32.2 Å². The molecule has 0 amide bonds. The lowest BCUT2D eigenvalue weighted by Crippen LogP contribution is -2.44. The molecule has 3 rings (SSSR count). The lowest BCUT2D eigenvalue weighted by molar-refractivity contribution is 0.185. The van der Waals surface area contributed by atoms with E-state index in [1.807, 2.05) is 0 Å². The fourth-order valence-electron chi connectivity index (χ4n) is 2.89. The molecule has 2 nitrogen and oxygen atoms in total. The van der Waals surface area contributed by atoms with Gasteiger partial charge in [-0.25, -0.2) is 0 Å². The molecule has 1 atom stereocenters. The number of benzene rings is 2. The molecule has 0 aromatic heterocycles. The third-order valence-corrected chi connectivity index (χ3v) is 4.18. The van der Waals surface area contributed by atoms with E-state index < -0.39 is 0 Å². The maximum atomic E-state index is 3.42. The summed E-state index contributed by atoms with van der Waals surface area (Å²) in [6, 6.07) is 20.1. The van der Waals surface area contributed by atoms with Crippen molar-refractivity contribution in [2.45, 2.75) is 13.0 Å². The second-order valence-electron chi connectivity index (χ2n) is 5.45. The largest absolute Gasteiger partial charge is 0.314 e. The van der Waals surface area contributed by atoms with E-state index in [1.54, 1.807) is 0 Å². The van der Waals surface area contributed by atoms with Crippen LogP contribution >= 0.6 is 24.8 Å². The molecule has 0 aliphatic carbocycles. The van der Waals surface area contributed by atoms with Crippen LogP contribution in [0.1, 0.15) is 18.5 Å². The summed E-state index contributed by atoms with van der Waals surface area (Å²) in [6.45, 7) is 6.79. The number of nitrogens with zero attached hydrogens (tertiary/aromatic N) is 1. The molecule has 1 N–H and O–H groups in total. The molecule has 1 aliphatic heterocycles. The van der Waals surface area contributed by atoms with E-state index in [0.29, 0.717) is 6.04 Å². The smallest absolute Gasteiger partial charge is 0.0321 e. The first-order valence-electron chi connectivity index (χ1n) is 7.45. The first kappa shape index (κ1) is 19.0. The zero-order chi connectivity index (χ0) is 13.8. The molecule has 0 saturated carbocycles. The summed E-state index contributed by atoms with van der Waals surface area (Å²) in [7, 11) is 0. The topological polar surface area (TPSA) is 15.3 Å². The Bertz CT molecular complexity index is 554. The predicted molar refractivity (Wildman–Crippen MR) is 99.2 cm³/mol. The second kappa shape index (κ2) is 9.16. The monoisotopic (exact) mass is 338 g/mol. The van der Waals surface area contributed by atoms with Crippen LogP contribution in [0.2, 0.25) is 0 Å². The van der Waals surface area contributed by atoms with Crippen molar-refractivity contribution >= 4 is 24.8 Å². The van der Waals surface area contributed by atoms with Gasteiger partial charge in [-0.05, 0) is 29.7 Å². The van der Waals surface area contributed by atoms with Crippen molar-refractivity contribution in [3.05, 3.63) is 60.2 Å². The number of nitrogens with one attached hydrogen (secondary N) is 1. The minimum Gasteiger partial charge on any atom is -0.314 e. The standard InChI is InChI=1S/C18H22N2.2ClH/c1-15(20-12-10-19-11-13-20)17-8-5-9-18(14-17)16-6-3-2-4-7-16;;/h2-9,14-15,19H,10-13H2,1H3;2*1H/t15-;;/m1../s1. The van der Waals surface area contributed by atoms with Crippen LogP contribution in [0.5, 0.6) is 0 Å². The van der Waals surface area contributed by atoms with Gasteiger partial charge in [0.2, 0.25) is 0 Å². The van der Waals surface area contributed by atoms with Crippen LogP contribution in [-0.2, 0) is 0 Å². The molecule has 120 valence electrons. The molecule has 1 aliphatic rings. The third-order valence-electron chi connectivity index (χ3n) is 4.18. The highest BCUT2D eigenvalue weighted by Crippen LogP contribution is 2.26. The van der Waals surface area contributed by atoms with Gasteiger partial charge in [0.15, 0.2) is 0 Å². The van der Waals surface area contributed by atoms with Crippen molar-refractivity contribution in [3.8, 4) is 11.1 Å². The molecule has 2 aromatic rings. The Balaban J connectivity index is 0.00000121. The van der Waals surface area contributed by atoms with Crippen LogP contribution in [0, 0.1) is 0 Å². The Morgan fingerprint density at radius 2 is 1.50 bits per heavy atom. The predicted octanol–water partition coefficient (Wildman–Crippen LogP) is 4.16. The van der Waals surface area contributed by atoms with Gasteiger partial charge in [0.1, 0.15) is 0 Å². The lowest BCUT2D eigenvalue weighted by atomic mass is 9.99. The van der Waals surface area contributed by atoms with Crippen molar-refractivity contribution < 1.29 is 0 Å². The Morgan fingerprint density at radius 1 is 0.864 bits per heavy atom. The molecule has 1 saturated heterocycles. The summed E-state index contributed by atoms with van der Waals surface area (Å²) in [4.78, 5) is 2.56. The SMILES string of the molecule is C[C@H](c1cccc(-c2ccccc2)c1)N1CCNCC1.Cl.Cl. The van der Waals surface area contributed by atoms with Crippen LogP contribution in [-0.4, -0.2) is 31.1 Å². The summed E-state index contributed by atoms with van der Waals surface area (Å²) in [5.74, 6) is 0. The van der Waals surface area contributed by atoms with Gasteiger partial charge >= 0.3 is 0 Å². The summed E-state index contributed by atoms with van der Waals surface area (Å²) in [6.07, 6.45) is 0. The molecular weight excluding hydrogens is 315 g/mol. The van der Waals surface area contributed by atoms with Crippen molar-refractivity contribution in [2.75, 3.05) is 26.2 Å². The van der Waals surface area contributed by atoms with Gasteiger partial charge in [-0.1, -0.05) is 48.5 Å². The minimum absolute atomic E-state index is 0. The van der Waals surface area contributed by atoms with Crippen molar-refractivity contribution in [3.63, 3.8) is 0 Å². The zero-order valence-corrected chi connectivity index (χ0v) is 14.5. The van der Waals surface area contributed by atoms with Gasteiger partial charge < -0.3 is 5.32 Å². The Hall–Kier alpha value is -1.06. The van der Waals surface area contributed by atoms with E-state index in [0.717, 1.165) is 26.2 Å². The van der Waals surface area contributed by atoms with Gasteiger partial charge in [0.05, 0.1) is 0 Å². The van der Waals surface area contributed by atoms with E-state index in [-0.39, 0.29) is 24.8 Å². The quantitative estimate of drug-likeness (QED) is 0.903. The van der Waals surface area contributed by atoms with E-state index in [4.69, 9.17) is 0 Å². The van der Waals surface area contributed by atoms with Crippen LogP contribution in [0.25, 0.3) is 11.1 Å². The Labute approximate surface area is 145 Å². The molecule has 0 unspecified atom stereocenters. The van der Waals surface area contributed by atoms with Crippen molar-refractivity contribution in [1.82, 2.24) is 10.2 Å². The third kappa shape index (κ3) is 4.47. The van der Waals surface area contributed by atoms with Gasteiger partial charge in [0.25, 0.3) is 0 Å². The first-order valence-corrected chi connectivity index (χ1v) is 7.45. The summed E-state index contributed by atoms with van der Waals surface area (Å²) < 4.78 is 0. The van der Waals surface area contributed by atoms with Gasteiger partial charge in [-0.2, -0.15) is 0 Å². The molecule has 22 heavy (non-hydrogen) atoms. The number of piperazine rings is 1. The summed E-state index contributed by atoms with van der Waals surface area (Å²) >= 11 is 0. The van der Waals surface area contributed by atoms with Crippen LogP contribution in [0.4, 0.5) is 0 Å². The van der Waals surface area contributed by atoms with E-state index in [1.165, 1.54) is 16.7 Å². The number of halogens is 2. The molecule has 2 aromatic carbocycles. The highest BCUT2D eigenvalue weighted by molar-refractivity contribution is 5.85. The molecule has 4 heteroatoms. The van der Waals surface area contributed by atoms with Crippen LogP contribution < -0.4 is 5.32 Å². The number of hydrogen-bond acceptors (Lipinski definition) is 2. The molecule has 0 bridgehead atoms. The Kier molecular flexibility index (Phi) is 7.91.